The van der Waals surface area contributed by atoms with Crippen molar-refractivity contribution in [2.24, 2.45) is 0 Å². The Hall–Kier alpha value is -3.24. The average molecular weight is 310 g/mol. The minimum Gasteiger partial charge on any atom is -0.508 e. The summed E-state index contributed by atoms with van der Waals surface area (Å²) >= 11 is 0. The fraction of sp³-hybridized carbons (Fsp3) is 0.0435. The molecule has 0 saturated heterocycles. The van der Waals surface area contributed by atoms with Gasteiger partial charge in [0.05, 0.1) is 0 Å². The van der Waals surface area contributed by atoms with Crippen LogP contribution in [0.1, 0.15) is 16.7 Å². The smallest absolute Gasteiger partial charge is 0.116 e. The van der Waals surface area contributed by atoms with Gasteiger partial charge in [-0.1, -0.05) is 72.0 Å². The molecule has 0 atom stereocenters. The van der Waals surface area contributed by atoms with Crippen LogP contribution in [0.4, 0.5) is 0 Å². The van der Waals surface area contributed by atoms with Crippen LogP contribution in [0.15, 0.2) is 78.9 Å². The highest BCUT2D eigenvalue weighted by molar-refractivity contribution is 5.76. The van der Waals surface area contributed by atoms with Gasteiger partial charge in [-0.3, -0.25) is 0 Å². The van der Waals surface area contributed by atoms with E-state index >= 15 is 0 Å². The molecule has 3 aromatic carbocycles. The summed E-state index contributed by atoms with van der Waals surface area (Å²) in [4.78, 5) is 0. The third-order valence-corrected chi connectivity index (χ3v) is 3.73. The van der Waals surface area contributed by atoms with E-state index in [1.165, 1.54) is 16.7 Å². The maximum absolute atomic E-state index is 9.44. The Balaban J connectivity index is 1.85. The van der Waals surface area contributed by atoms with Gasteiger partial charge in [-0.05, 0) is 54.0 Å². The monoisotopic (exact) mass is 310 g/mol. The van der Waals surface area contributed by atoms with E-state index in [4.69, 9.17) is 0 Å². The third-order valence-electron chi connectivity index (χ3n) is 3.73. The molecule has 3 aromatic rings. The van der Waals surface area contributed by atoms with Crippen LogP contribution in [0.5, 0.6) is 5.75 Å². The molecule has 0 unspecified atom stereocenters. The Morgan fingerprint density at radius 1 is 0.875 bits per heavy atom. The van der Waals surface area contributed by atoms with Gasteiger partial charge in [0.2, 0.25) is 0 Å². The Kier molecular flexibility index (Phi) is 4.79. The number of phenolic OH excluding ortho intramolecular Hbond substituents is 1. The van der Waals surface area contributed by atoms with Crippen molar-refractivity contribution >= 4 is 6.08 Å². The Morgan fingerprint density at radius 3 is 2.46 bits per heavy atom. The van der Waals surface area contributed by atoms with Crippen LogP contribution in [0.3, 0.4) is 0 Å². The van der Waals surface area contributed by atoms with Crippen molar-refractivity contribution in [2.45, 2.75) is 6.92 Å². The van der Waals surface area contributed by atoms with Crippen LogP contribution in [0.2, 0.25) is 0 Å². The first kappa shape index (κ1) is 15.6. The molecule has 0 aliphatic heterocycles. The highest BCUT2D eigenvalue weighted by atomic mass is 16.3. The van der Waals surface area contributed by atoms with Gasteiger partial charge in [0.1, 0.15) is 5.75 Å². The first-order chi connectivity index (χ1) is 11.7. The predicted molar refractivity (Wildman–Crippen MR) is 101 cm³/mol. The molecule has 0 heterocycles. The maximum atomic E-state index is 9.44. The number of benzene rings is 3. The summed E-state index contributed by atoms with van der Waals surface area (Å²) in [5.74, 6) is 6.28. The van der Waals surface area contributed by atoms with Gasteiger partial charge in [-0.25, -0.2) is 0 Å². The molecule has 0 spiro atoms. The molecule has 0 fully saturated rings. The number of aromatic hydroxyl groups is 1. The van der Waals surface area contributed by atoms with E-state index in [1.54, 1.807) is 18.2 Å². The van der Waals surface area contributed by atoms with Crippen LogP contribution in [0, 0.1) is 18.8 Å². The van der Waals surface area contributed by atoms with Crippen molar-refractivity contribution in [3.63, 3.8) is 0 Å². The second-order valence-corrected chi connectivity index (χ2v) is 5.61. The zero-order valence-corrected chi connectivity index (χ0v) is 13.5. The van der Waals surface area contributed by atoms with Crippen LogP contribution < -0.4 is 0 Å². The largest absolute Gasteiger partial charge is 0.508 e. The van der Waals surface area contributed by atoms with Crippen molar-refractivity contribution in [2.75, 3.05) is 0 Å². The summed E-state index contributed by atoms with van der Waals surface area (Å²) in [5, 5.41) is 9.44. The van der Waals surface area contributed by atoms with Gasteiger partial charge in [0.15, 0.2) is 0 Å². The van der Waals surface area contributed by atoms with E-state index in [0.717, 1.165) is 11.1 Å². The van der Waals surface area contributed by atoms with Gasteiger partial charge in [-0.2, -0.15) is 0 Å². The van der Waals surface area contributed by atoms with Crippen LogP contribution in [-0.2, 0) is 0 Å². The van der Waals surface area contributed by atoms with Crippen molar-refractivity contribution in [1.29, 1.82) is 0 Å². The zero-order chi connectivity index (χ0) is 16.8. The molecule has 116 valence electrons. The molecule has 1 heteroatoms. The lowest BCUT2D eigenvalue weighted by atomic mass is 9.98. The van der Waals surface area contributed by atoms with Gasteiger partial charge >= 0.3 is 0 Å². The molecule has 0 saturated carbocycles. The molecule has 0 aromatic heterocycles. The lowest BCUT2D eigenvalue weighted by Gasteiger charge is -2.06. The Morgan fingerprint density at radius 2 is 1.67 bits per heavy atom. The molecule has 24 heavy (non-hydrogen) atoms. The molecule has 0 bridgehead atoms. The predicted octanol–water partition coefficient (Wildman–Crippen LogP) is 5.43. The van der Waals surface area contributed by atoms with E-state index < -0.39 is 0 Å². The quantitative estimate of drug-likeness (QED) is 0.625. The molecule has 3 rings (SSSR count). The van der Waals surface area contributed by atoms with Crippen molar-refractivity contribution in [3.05, 3.63) is 95.6 Å². The lowest BCUT2D eigenvalue weighted by Crippen LogP contribution is -1.83. The Bertz CT molecular complexity index is 922. The highest BCUT2D eigenvalue weighted by Crippen LogP contribution is 2.24. The molecule has 0 aliphatic rings. The molecular formula is C23H18O. The van der Waals surface area contributed by atoms with Gasteiger partial charge < -0.3 is 5.11 Å². The number of phenols is 1. The summed E-state index contributed by atoms with van der Waals surface area (Å²) < 4.78 is 0. The van der Waals surface area contributed by atoms with E-state index in [2.05, 4.69) is 55.2 Å². The average Bonchev–Trinajstić information content (AvgIpc) is 2.60. The van der Waals surface area contributed by atoms with Gasteiger partial charge in [0.25, 0.3) is 0 Å². The topological polar surface area (TPSA) is 20.2 Å². The van der Waals surface area contributed by atoms with Crippen molar-refractivity contribution < 1.29 is 5.11 Å². The number of aryl methyl sites for hydroxylation is 1. The second kappa shape index (κ2) is 7.35. The summed E-state index contributed by atoms with van der Waals surface area (Å²) in [6.45, 7) is 2.09. The lowest BCUT2D eigenvalue weighted by molar-refractivity contribution is 0.475. The third kappa shape index (κ3) is 3.94. The summed E-state index contributed by atoms with van der Waals surface area (Å²) in [6, 6.07) is 23.8. The van der Waals surface area contributed by atoms with E-state index in [-0.39, 0.29) is 5.75 Å². The maximum Gasteiger partial charge on any atom is 0.116 e. The van der Waals surface area contributed by atoms with E-state index in [1.807, 2.05) is 30.4 Å². The summed E-state index contributed by atoms with van der Waals surface area (Å²) in [5.41, 5.74) is 5.57. The number of hydrogen-bond acceptors (Lipinski definition) is 1. The zero-order valence-electron chi connectivity index (χ0n) is 13.5. The number of hydrogen-bond donors (Lipinski definition) is 1. The normalized spacial score (nSPS) is 10.4. The first-order valence-electron chi connectivity index (χ1n) is 7.85. The fourth-order valence-electron chi connectivity index (χ4n) is 2.48. The first-order valence-corrected chi connectivity index (χ1v) is 7.85. The van der Waals surface area contributed by atoms with Crippen molar-refractivity contribution in [1.82, 2.24) is 0 Å². The fourth-order valence-corrected chi connectivity index (χ4v) is 2.48. The van der Waals surface area contributed by atoms with E-state index in [9.17, 15) is 5.11 Å². The molecule has 0 amide bonds. The van der Waals surface area contributed by atoms with Gasteiger partial charge in [0, 0.05) is 5.56 Å². The van der Waals surface area contributed by atoms with Crippen LogP contribution in [0.25, 0.3) is 17.2 Å². The minimum absolute atomic E-state index is 0.232. The minimum atomic E-state index is 0.232. The number of allylic oxidation sites excluding steroid dienone is 1. The SMILES string of the molecule is Cc1ccc(-c2ccccc2C=CC#Cc2cccc(O)c2)cc1. The summed E-state index contributed by atoms with van der Waals surface area (Å²) in [6.07, 6.45) is 3.86. The molecular weight excluding hydrogens is 292 g/mol. The Labute approximate surface area is 142 Å². The van der Waals surface area contributed by atoms with E-state index in [0.29, 0.717) is 0 Å². The van der Waals surface area contributed by atoms with Gasteiger partial charge in [-0.15, -0.1) is 0 Å². The van der Waals surface area contributed by atoms with Crippen molar-refractivity contribution in [3.8, 4) is 28.7 Å². The molecule has 0 aliphatic carbocycles. The van der Waals surface area contributed by atoms with Crippen LogP contribution in [-0.4, -0.2) is 5.11 Å². The summed E-state index contributed by atoms with van der Waals surface area (Å²) in [7, 11) is 0. The standard InChI is InChI=1S/C23H18O/c1-18-13-15-21(16-14-18)23-12-5-4-10-20(23)9-3-2-7-19-8-6-11-22(24)17-19/h3-6,8-17,24H,1H3. The highest BCUT2D eigenvalue weighted by Gasteiger charge is 2.01. The molecule has 1 N–H and O–H groups in total. The number of rotatable bonds is 2. The second-order valence-electron chi connectivity index (χ2n) is 5.61. The molecule has 1 nitrogen and oxygen atoms in total. The van der Waals surface area contributed by atoms with Crippen LogP contribution >= 0.6 is 0 Å². The molecule has 0 radical (unpaired) electrons.